The number of halogens is 1. The van der Waals surface area contributed by atoms with Gasteiger partial charge in [0.05, 0.1) is 24.5 Å². The van der Waals surface area contributed by atoms with Gasteiger partial charge in [0, 0.05) is 53.3 Å². The summed E-state index contributed by atoms with van der Waals surface area (Å²) in [5.74, 6) is 4.43. The van der Waals surface area contributed by atoms with Crippen LogP contribution in [0.25, 0.3) is 6.08 Å². The number of aryl methyl sites for hydroxylation is 2. The third-order valence-corrected chi connectivity index (χ3v) is 21.2. The second kappa shape index (κ2) is 24.2. The van der Waals surface area contributed by atoms with Gasteiger partial charge in [-0.25, -0.2) is 36.2 Å². The van der Waals surface area contributed by atoms with E-state index in [0.29, 0.717) is 73.5 Å². The summed E-state index contributed by atoms with van der Waals surface area (Å²) < 4.78 is 53.8. The minimum Gasteiger partial charge on any atom is -0.328 e. The van der Waals surface area contributed by atoms with Crippen molar-refractivity contribution in [1.82, 2.24) is 29.9 Å². The number of nitrogens with zero attached hydrogens (tertiary/aromatic N) is 6. The number of hydrogen-bond acceptors (Lipinski definition) is 12. The third-order valence-electron chi connectivity index (χ3n) is 17.2. The predicted molar refractivity (Wildman–Crippen MR) is 308 cm³/mol. The molecule has 4 N–H and O–H groups in total. The number of sulfonamides is 2. The Hall–Kier alpha value is -5.62. The van der Waals surface area contributed by atoms with Gasteiger partial charge in [0.25, 0.3) is 23.6 Å². The molecular weight excluding hydrogens is 1120 g/mol. The molecule has 6 aliphatic heterocycles. The molecule has 79 heavy (non-hydrogen) atoms. The number of carbonyl (C=O) groups is 6. The smallest absolute Gasteiger partial charge is 0.328 e. The number of amidine groups is 2. The molecule has 0 aromatic heterocycles. The Kier molecular flexibility index (Phi) is 18.2. The molecule has 10 rings (SSSR count). The quantitative estimate of drug-likeness (QED) is 0.164. The highest BCUT2D eigenvalue weighted by molar-refractivity contribution is 9.10. The number of urea groups is 2. The number of carbonyl (C=O) groups excluding carboxylic acids is 6. The van der Waals surface area contributed by atoms with Crippen LogP contribution in [0.2, 0.25) is 0 Å². The van der Waals surface area contributed by atoms with Gasteiger partial charge in [-0.2, -0.15) is 8.61 Å². The van der Waals surface area contributed by atoms with Crippen LogP contribution in [0.3, 0.4) is 0 Å². The van der Waals surface area contributed by atoms with Gasteiger partial charge in [0.15, 0.2) is 0 Å². The summed E-state index contributed by atoms with van der Waals surface area (Å²) in [6.45, 7) is 17.3. The monoisotopic (exact) mass is 1190 g/mol. The van der Waals surface area contributed by atoms with Crippen molar-refractivity contribution in [2.24, 2.45) is 45.5 Å². The van der Waals surface area contributed by atoms with Crippen LogP contribution in [0.1, 0.15) is 121 Å². The van der Waals surface area contributed by atoms with Crippen LogP contribution >= 0.6 is 15.9 Å². The lowest BCUT2D eigenvalue weighted by molar-refractivity contribution is -0.125. The van der Waals surface area contributed by atoms with Crippen molar-refractivity contribution in [1.29, 1.82) is 0 Å². The summed E-state index contributed by atoms with van der Waals surface area (Å²) in [7, 11) is -7.13. The van der Waals surface area contributed by atoms with Gasteiger partial charge in [-0.05, 0) is 168 Å². The molecule has 2 spiro atoms. The second-order valence-corrected chi connectivity index (χ2v) is 27.3. The van der Waals surface area contributed by atoms with Crippen LogP contribution in [0, 0.1) is 49.4 Å². The molecule has 23 heteroatoms. The maximum Gasteiger partial charge on any atom is 0.329 e. The molecule has 20 nitrogen and oxygen atoms in total. The van der Waals surface area contributed by atoms with Crippen molar-refractivity contribution in [3.8, 4) is 0 Å². The maximum absolute atomic E-state index is 13.1. The van der Waals surface area contributed by atoms with Crippen LogP contribution in [0.5, 0.6) is 0 Å². The first kappa shape index (κ1) is 59.5. The van der Waals surface area contributed by atoms with Gasteiger partial charge in [-0.15, -0.1) is 0 Å². The van der Waals surface area contributed by atoms with Crippen LogP contribution in [-0.2, 0) is 39.2 Å². The van der Waals surface area contributed by atoms with E-state index in [2.05, 4.69) is 71.5 Å². The van der Waals surface area contributed by atoms with E-state index in [4.69, 9.17) is 9.98 Å². The number of rotatable bonds is 11. The van der Waals surface area contributed by atoms with E-state index < -0.39 is 37.2 Å². The van der Waals surface area contributed by atoms with E-state index in [-0.39, 0.29) is 61.8 Å². The van der Waals surface area contributed by atoms with E-state index in [9.17, 15) is 45.6 Å². The van der Waals surface area contributed by atoms with Gasteiger partial charge in [0.2, 0.25) is 20.0 Å². The highest BCUT2D eigenvalue weighted by Crippen LogP contribution is 2.40. The first-order valence-electron chi connectivity index (χ1n) is 27.6. The first-order chi connectivity index (χ1) is 37.4. The fraction of sp³-hybridized carbons (Fsp3) is 0.571. The highest BCUT2D eigenvalue weighted by Gasteiger charge is 2.50. The molecule has 2 aromatic carbocycles. The van der Waals surface area contributed by atoms with Crippen molar-refractivity contribution in [2.75, 3.05) is 49.1 Å². The summed E-state index contributed by atoms with van der Waals surface area (Å²) in [5, 5.41) is 13.2. The molecule has 8 aliphatic rings. The number of piperidine rings is 2. The number of amides is 8. The third kappa shape index (κ3) is 13.1. The summed E-state index contributed by atoms with van der Waals surface area (Å²) in [6, 6.07) is 9.52. The zero-order valence-corrected chi connectivity index (χ0v) is 49.3. The largest absolute Gasteiger partial charge is 0.329 e. The number of imide groups is 2. The predicted octanol–water partition coefficient (Wildman–Crippen LogP) is 7.28. The molecule has 4 saturated heterocycles. The first-order valence-corrected chi connectivity index (χ1v) is 31.4. The minimum absolute atomic E-state index is 0.0392. The van der Waals surface area contributed by atoms with Crippen LogP contribution < -0.4 is 31.1 Å². The number of aliphatic imine (C=N–C) groups is 2. The zero-order chi connectivity index (χ0) is 57.2. The van der Waals surface area contributed by atoms with E-state index in [0.717, 1.165) is 92.8 Å². The van der Waals surface area contributed by atoms with Crippen molar-refractivity contribution in [3.05, 3.63) is 75.0 Å². The SMILES string of the molecule is C=CS(=O)(=O)N1CCC2(CC1)N=C(C1CCC(C(C)C)CC1)NC2=O.Cc1cc(N2C(=O)CNC2=O)ccc1/C=C/S(=O)(=O)N1CCC2(CC1)N=C(C1CCC(C(C)C)CC1)NC2=O.Cc1cc(N2C(=O)CNC2=O)ccc1Br. The lowest BCUT2D eigenvalue weighted by atomic mass is 9.76. The Labute approximate surface area is 473 Å². The summed E-state index contributed by atoms with van der Waals surface area (Å²) in [6.07, 6.45) is 12.0. The van der Waals surface area contributed by atoms with Crippen molar-refractivity contribution >= 4 is 101 Å². The van der Waals surface area contributed by atoms with Crippen molar-refractivity contribution in [2.45, 2.75) is 130 Å². The molecule has 0 atom stereocenters. The minimum atomic E-state index is -3.71. The van der Waals surface area contributed by atoms with E-state index >= 15 is 0 Å². The van der Waals surface area contributed by atoms with E-state index in [1.807, 2.05) is 13.0 Å². The average molecular weight is 1190 g/mol. The second-order valence-electron chi connectivity index (χ2n) is 22.8. The summed E-state index contributed by atoms with van der Waals surface area (Å²) in [4.78, 5) is 84.2. The molecule has 8 amide bonds. The van der Waals surface area contributed by atoms with Crippen molar-refractivity contribution in [3.63, 3.8) is 0 Å². The molecule has 0 unspecified atom stereocenters. The van der Waals surface area contributed by atoms with Gasteiger partial charge >= 0.3 is 12.1 Å². The fourth-order valence-corrected chi connectivity index (χ4v) is 14.3. The van der Waals surface area contributed by atoms with Crippen LogP contribution in [-0.4, -0.2) is 123 Å². The van der Waals surface area contributed by atoms with Gasteiger partial charge in [0.1, 0.15) is 22.7 Å². The Morgan fingerprint density at radius 3 is 1.38 bits per heavy atom. The molecular formula is C56H75BrN10O10S2. The Morgan fingerprint density at radius 2 is 1.01 bits per heavy atom. The number of hydrogen-bond donors (Lipinski definition) is 4. The molecule has 428 valence electrons. The summed E-state index contributed by atoms with van der Waals surface area (Å²) in [5.41, 5.74) is 1.80. The molecule has 2 aliphatic carbocycles. The van der Waals surface area contributed by atoms with E-state index in [1.54, 1.807) is 37.3 Å². The van der Waals surface area contributed by atoms with Gasteiger partial charge in [-0.3, -0.25) is 29.2 Å². The Morgan fingerprint density at radius 1 is 0.608 bits per heavy atom. The molecule has 0 radical (unpaired) electrons. The maximum atomic E-state index is 13.1. The number of benzene rings is 2. The van der Waals surface area contributed by atoms with Crippen LogP contribution in [0.4, 0.5) is 21.0 Å². The normalized spacial score (nSPS) is 25.4. The lowest BCUT2D eigenvalue weighted by Gasteiger charge is -2.34. The summed E-state index contributed by atoms with van der Waals surface area (Å²) >= 11 is 3.36. The molecule has 6 fully saturated rings. The Balaban J connectivity index is 0.000000174. The van der Waals surface area contributed by atoms with Gasteiger partial charge in [-0.1, -0.05) is 56.3 Å². The lowest BCUT2D eigenvalue weighted by Crippen LogP contribution is -2.50. The topological polar surface area (TPSA) is 256 Å². The molecule has 2 aromatic rings. The fourth-order valence-electron chi connectivity index (χ4n) is 12.0. The number of anilines is 2. The molecule has 2 saturated carbocycles. The number of nitrogens with one attached hydrogen (secondary N) is 4. The molecule has 6 heterocycles. The van der Waals surface area contributed by atoms with Crippen molar-refractivity contribution < 1.29 is 45.6 Å². The van der Waals surface area contributed by atoms with E-state index in [1.165, 1.54) is 32.9 Å². The molecule has 0 bridgehead atoms. The zero-order valence-electron chi connectivity index (χ0n) is 46.1. The van der Waals surface area contributed by atoms with Crippen LogP contribution in [0.15, 0.2) is 68.3 Å². The highest BCUT2D eigenvalue weighted by atomic mass is 79.9. The van der Waals surface area contributed by atoms with Gasteiger partial charge < -0.3 is 21.3 Å². The standard InChI is InChI=1S/C28H37N5O5S.C18H29N3O3S.C10H9BrN2O2/c1-18(2)20-4-6-22(7-5-20)25-30-26(35)28(31-25)11-13-32(14-12-28)39(37,38)15-10-21-8-9-23(16-19(21)3)33-24(34)17-29-27(33)36;1-4-25(23,24)21-11-9-18(10-12-21)17(22)19-16(20-18)15-7-5-14(6-8-15)13(2)3;1-6-4-7(2-3-8(6)11)13-9(14)5-12-10(13)15/h8-10,15-16,18,20,22H,4-7,11-14,17H2,1-3H3,(H,29,36)(H,30,31,35);4,13-15H,1,5-12H2,2-3H3,(H,19,20,22);2-4H,5H2,1H3,(H,12,15)/b15-10+;;. The average Bonchev–Trinajstić information content (AvgIpc) is 4.21. The Bertz CT molecular complexity index is 3020.